The molecule has 0 aliphatic rings. The summed E-state index contributed by atoms with van der Waals surface area (Å²) < 4.78 is 6.44. The van der Waals surface area contributed by atoms with Crippen molar-refractivity contribution in [2.75, 3.05) is 11.9 Å². The first-order valence-electron chi connectivity index (χ1n) is 5.89. The van der Waals surface area contributed by atoms with Crippen LogP contribution in [0.3, 0.4) is 0 Å². The third-order valence-electron chi connectivity index (χ3n) is 2.47. The summed E-state index contributed by atoms with van der Waals surface area (Å²) in [7, 11) is 0. The zero-order chi connectivity index (χ0) is 13.8. The molecular formula is C12H11N5O2S. The van der Waals surface area contributed by atoms with Crippen LogP contribution < -0.4 is 5.32 Å². The maximum absolute atomic E-state index is 11.5. The summed E-state index contributed by atoms with van der Waals surface area (Å²) in [6.45, 7) is 0.250. The Labute approximate surface area is 118 Å². The Morgan fingerprint density at radius 3 is 3.10 bits per heavy atom. The number of H-pyrrole nitrogens is 1. The van der Waals surface area contributed by atoms with Crippen molar-refractivity contribution in [2.24, 2.45) is 0 Å². The van der Waals surface area contributed by atoms with Crippen LogP contribution in [0.5, 0.6) is 0 Å². The van der Waals surface area contributed by atoms with Crippen LogP contribution in [-0.4, -0.2) is 32.7 Å². The number of carbonyl (C=O) groups excluding carboxylic acids is 1. The highest BCUT2D eigenvalue weighted by molar-refractivity contribution is 7.18. The molecule has 1 amide bonds. The molecule has 0 saturated carbocycles. The third-order valence-corrected chi connectivity index (χ3v) is 3.48. The highest BCUT2D eigenvalue weighted by Gasteiger charge is 2.07. The van der Waals surface area contributed by atoms with E-state index in [4.69, 9.17) is 4.74 Å². The summed E-state index contributed by atoms with van der Waals surface area (Å²) in [5.74, 6) is 0.0152. The SMILES string of the molecule is O=C(COCc1nc2ccccc2s1)Nc1ncn[nH]1. The van der Waals surface area contributed by atoms with E-state index in [-0.39, 0.29) is 12.5 Å². The third kappa shape index (κ3) is 2.98. The first-order valence-corrected chi connectivity index (χ1v) is 6.70. The number of carbonyl (C=O) groups is 1. The first-order chi connectivity index (χ1) is 9.81. The van der Waals surface area contributed by atoms with Crippen molar-refractivity contribution in [3.05, 3.63) is 35.6 Å². The van der Waals surface area contributed by atoms with Crippen LogP contribution in [0, 0.1) is 0 Å². The van der Waals surface area contributed by atoms with Crippen molar-refractivity contribution < 1.29 is 9.53 Å². The molecule has 0 unspecified atom stereocenters. The number of benzene rings is 1. The van der Waals surface area contributed by atoms with E-state index in [1.165, 1.54) is 6.33 Å². The summed E-state index contributed by atoms with van der Waals surface area (Å²) in [6.07, 6.45) is 1.32. The lowest BCUT2D eigenvalue weighted by Crippen LogP contribution is -2.18. The van der Waals surface area contributed by atoms with E-state index < -0.39 is 0 Å². The first kappa shape index (κ1) is 12.7. The summed E-state index contributed by atoms with van der Waals surface area (Å²) in [5.41, 5.74) is 0.946. The molecule has 0 aliphatic carbocycles. The Hall–Kier alpha value is -2.32. The fourth-order valence-corrected chi connectivity index (χ4v) is 2.55. The molecule has 0 atom stereocenters. The molecule has 20 heavy (non-hydrogen) atoms. The fourth-order valence-electron chi connectivity index (χ4n) is 1.65. The number of rotatable bonds is 5. The monoisotopic (exact) mass is 289 g/mol. The van der Waals surface area contributed by atoms with Gasteiger partial charge >= 0.3 is 0 Å². The van der Waals surface area contributed by atoms with E-state index in [1.807, 2.05) is 24.3 Å². The second kappa shape index (κ2) is 5.76. The van der Waals surface area contributed by atoms with Crippen LogP contribution in [-0.2, 0) is 16.1 Å². The number of para-hydroxylation sites is 1. The zero-order valence-electron chi connectivity index (χ0n) is 10.4. The van der Waals surface area contributed by atoms with Crippen LogP contribution in [0.2, 0.25) is 0 Å². The van der Waals surface area contributed by atoms with Crippen LogP contribution in [0.4, 0.5) is 5.95 Å². The molecule has 0 saturated heterocycles. The van der Waals surface area contributed by atoms with E-state index >= 15 is 0 Å². The Kier molecular flexibility index (Phi) is 3.66. The summed E-state index contributed by atoms with van der Waals surface area (Å²) >= 11 is 1.56. The highest BCUT2D eigenvalue weighted by atomic mass is 32.1. The number of amides is 1. The number of nitrogens with zero attached hydrogens (tertiary/aromatic N) is 3. The zero-order valence-corrected chi connectivity index (χ0v) is 11.2. The van der Waals surface area contributed by atoms with Gasteiger partial charge in [-0.3, -0.25) is 10.1 Å². The van der Waals surface area contributed by atoms with Crippen molar-refractivity contribution in [2.45, 2.75) is 6.61 Å². The van der Waals surface area contributed by atoms with Gasteiger partial charge in [0.2, 0.25) is 5.95 Å². The molecule has 0 aliphatic heterocycles. The maximum atomic E-state index is 11.5. The van der Waals surface area contributed by atoms with Gasteiger partial charge in [0, 0.05) is 0 Å². The van der Waals surface area contributed by atoms with Gasteiger partial charge in [0.05, 0.1) is 16.8 Å². The van der Waals surface area contributed by atoms with Crippen molar-refractivity contribution in [1.82, 2.24) is 20.2 Å². The lowest BCUT2D eigenvalue weighted by molar-refractivity contribution is -0.121. The number of thiazole rings is 1. The quantitative estimate of drug-likeness (QED) is 0.743. The number of hydrogen-bond acceptors (Lipinski definition) is 6. The summed E-state index contributed by atoms with van der Waals surface area (Å²) in [4.78, 5) is 19.7. The van der Waals surface area contributed by atoms with Gasteiger partial charge in [-0.25, -0.2) is 10.1 Å². The second-order valence-electron chi connectivity index (χ2n) is 3.95. The summed E-state index contributed by atoms with van der Waals surface area (Å²) in [5, 5.41) is 9.53. The lowest BCUT2D eigenvalue weighted by Gasteiger charge is -2.01. The molecule has 3 aromatic rings. The van der Waals surface area contributed by atoms with Gasteiger partial charge in [0.25, 0.3) is 5.91 Å². The molecule has 7 nitrogen and oxygen atoms in total. The minimum Gasteiger partial charge on any atom is -0.364 e. The van der Waals surface area contributed by atoms with Gasteiger partial charge in [0.1, 0.15) is 17.9 Å². The normalized spacial score (nSPS) is 10.8. The van der Waals surface area contributed by atoms with E-state index in [0.717, 1.165) is 15.2 Å². The van der Waals surface area contributed by atoms with E-state index in [1.54, 1.807) is 11.3 Å². The fraction of sp³-hybridized carbons (Fsp3) is 0.167. The molecule has 2 aromatic heterocycles. The maximum Gasteiger partial charge on any atom is 0.252 e. The Morgan fingerprint density at radius 2 is 2.30 bits per heavy atom. The van der Waals surface area contributed by atoms with Gasteiger partial charge in [-0.1, -0.05) is 12.1 Å². The number of aromatic nitrogens is 4. The van der Waals surface area contributed by atoms with Gasteiger partial charge in [-0.05, 0) is 12.1 Å². The average Bonchev–Trinajstić information content (AvgIpc) is 3.07. The Balaban J connectivity index is 1.51. The predicted octanol–water partition coefficient (Wildman–Crippen LogP) is 1.57. The minimum absolute atomic E-state index is 0.0589. The van der Waals surface area contributed by atoms with Gasteiger partial charge in [-0.15, -0.1) is 11.3 Å². The molecule has 2 N–H and O–H groups in total. The number of anilines is 1. The topological polar surface area (TPSA) is 92.8 Å². The van der Waals surface area contributed by atoms with Gasteiger partial charge < -0.3 is 4.74 Å². The molecular weight excluding hydrogens is 278 g/mol. The van der Waals surface area contributed by atoms with Gasteiger partial charge in [-0.2, -0.15) is 10.1 Å². The van der Waals surface area contributed by atoms with Crippen LogP contribution >= 0.6 is 11.3 Å². The molecule has 102 valence electrons. The predicted molar refractivity (Wildman–Crippen MR) is 74.3 cm³/mol. The lowest BCUT2D eigenvalue weighted by atomic mass is 10.3. The smallest absolute Gasteiger partial charge is 0.252 e. The van der Waals surface area contributed by atoms with Gasteiger partial charge in [0.15, 0.2) is 0 Å². The number of nitrogens with one attached hydrogen (secondary N) is 2. The second-order valence-corrected chi connectivity index (χ2v) is 5.07. The molecule has 0 bridgehead atoms. The highest BCUT2D eigenvalue weighted by Crippen LogP contribution is 2.21. The minimum atomic E-state index is -0.289. The van der Waals surface area contributed by atoms with Crippen molar-refractivity contribution in [3.8, 4) is 0 Å². The molecule has 0 fully saturated rings. The van der Waals surface area contributed by atoms with E-state index in [9.17, 15) is 4.79 Å². The van der Waals surface area contributed by atoms with Crippen molar-refractivity contribution in [1.29, 1.82) is 0 Å². The molecule has 1 aromatic carbocycles. The Bertz CT molecular complexity index is 677. The molecule has 8 heteroatoms. The van der Waals surface area contributed by atoms with Crippen molar-refractivity contribution in [3.63, 3.8) is 0 Å². The number of hydrogen-bond donors (Lipinski definition) is 2. The number of aromatic amines is 1. The average molecular weight is 289 g/mol. The van der Waals surface area contributed by atoms with E-state index in [0.29, 0.717) is 12.6 Å². The largest absolute Gasteiger partial charge is 0.364 e. The molecule has 0 radical (unpaired) electrons. The molecule has 0 spiro atoms. The molecule has 2 heterocycles. The van der Waals surface area contributed by atoms with Crippen LogP contribution in [0.25, 0.3) is 10.2 Å². The van der Waals surface area contributed by atoms with Crippen LogP contribution in [0.1, 0.15) is 5.01 Å². The number of fused-ring (bicyclic) bond motifs is 1. The Morgan fingerprint density at radius 1 is 1.40 bits per heavy atom. The standard InChI is InChI=1S/C12H11N5O2S/c18-10(16-12-13-7-14-17-12)5-19-6-11-15-8-3-1-2-4-9(8)20-11/h1-4,7H,5-6H2,(H2,13,14,16,17,18). The van der Waals surface area contributed by atoms with Crippen molar-refractivity contribution >= 4 is 33.4 Å². The van der Waals surface area contributed by atoms with E-state index in [2.05, 4.69) is 25.5 Å². The number of ether oxygens (including phenoxy) is 1. The van der Waals surface area contributed by atoms with Crippen LogP contribution in [0.15, 0.2) is 30.6 Å². The molecule has 3 rings (SSSR count). The summed E-state index contributed by atoms with van der Waals surface area (Å²) in [6, 6.07) is 7.87.